The first kappa shape index (κ1) is 15.5. The van der Waals surface area contributed by atoms with Gasteiger partial charge in [0.1, 0.15) is 0 Å². The Morgan fingerprint density at radius 2 is 2.11 bits per heavy atom. The van der Waals surface area contributed by atoms with Gasteiger partial charge < -0.3 is 9.80 Å². The Kier molecular flexibility index (Phi) is 6.11. The summed E-state index contributed by atoms with van der Waals surface area (Å²) in [6.45, 7) is 7.69. The van der Waals surface area contributed by atoms with Crippen molar-refractivity contribution in [3.05, 3.63) is 0 Å². The number of piperidine rings is 1. The SMILES string of the molecule is CN1CCCC(N(C)CCCCC(C)(C)C#N)C1. The van der Waals surface area contributed by atoms with Gasteiger partial charge >= 0.3 is 0 Å². The summed E-state index contributed by atoms with van der Waals surface area (Å²) in [4.78, 5) is 4.94. The quantitative estimate of drug-likeness (QED) is 0.680. The van der Waals surface area contributed by atoms with E-state index in [-0.39, 0.29) is 5.41 Å². The van der Waals surface area contributed by atoms with Gasteiger partial charge in [0.2, 0.25) is 0 Å². The molecule has 0 aromatic heterocycles. The summed E-state index contributed by atoms with van der Waals surface area (Å²) < 4.78 is 0. The van der Waals surface area contributed by atoms with Gasteiger partial charge in [-0.2, -0.15) is 5.26 Å². The van der Waals surface area contributed by atoms with Crippen LogP contribution in [-0.4, -0.2) is 49.6 Å². The predicted octanol–water partition coefficient (Wildman–Crippen LogP) is 2.73. The first-order valence-corrected chi connectivity index (χ1v) is 7.24. The fraction of sp³-hybridized carbons (Fsp3) is 0.933. The Morgan fingerprint density at radius 1 is 1.39 bits per heavy atom. The number of hydrogen-bond donors (Lipinski definition) is 0. The maximum absolute atomic E-state index is 8.97. The zero-order chi connectivity index (χ0) is 13.6. The third-order valence-corrected chi connectivity index (χ3v) is 4.09. The summed E-state index contributed by atoms with van der Waals surface area (Å²) in [5.41, 5.74) is -0.149. The first-order chi connectivity index (χ1) is 8.44. The highest BCUT2D eigenvalue weighted by atomic mass is 15.2. The minimum Gasteiger partial charge on any atom is -0.305 e. The normalized spacial score (nSPS) is 22.1. The van der Waals surface area contributed by atoms with E-state index in [9.17, 15) is 0 Å². The van der Waals surface area contributed by atoms with Gasteiger partial charge in [-0.05, 0) is 66.7 Å². The molecular weight excluding hydrogens is 222 g/mol. The molecule has 1 heterocycles. The molecule has 1 unspecified atom stereocenters. The zero-order valence-electron chi connectivity index (χ0n) is 12.6. The second kappa shape index (κ2) is 7.11. The van der Waals surface area contributed by atoms with E-state index in [4.69, 9.17) is 5.26 Å². The number of rotatable bonds is 6. The van der Waals surface area contributed by atoms with Crippen molar-refractivity contribution in [1.29, 1.82) is 5.26 Å². The molecule has 3 nitrogen and oxygen atoms in total. The molecule has 0 amide bonds. The molecule has 1 rings (SSSR count). The third-order valence-electron chi connectivity index (χ3n) is 4.09. The smallest absolute Gasteiger partial charge is 0.0683 e. The van der Waals surface area contributed by atoms with Gasteiger partial charge in [0, 0.05) is 12.6 Å². The molecule has 0 N–H and O–H groups in total. The third kappa shape index (κ3) is 5.37. The Morgan fingerprint density at radius 3 is 2.72 bits per heavy atom. The van der Waals surface area contributed by atoms with Gasteiger partial charge in [0.25, 0.3) is 0 Å². The second-order valence-electron chi connectivity index (χ2n) is 6.49. The maximum Gasteiger partial charge on any atom is 0.0683 e. The van der Waals surface area contributed by atoms with E-state index in [0.717, 1.165) is 18.9 Å². The largest absolute Gasteiger partial charge is 0.305 e. The van der Waals surface area contributed by atoms with Crippen LogP contribution in [-0.2, 0) is 0 Å². The van der Waals surface area contributed by atoms with E-state index in [1.165, 1.54) is 38.9 Å². The van der Waals surface area contributed by atoms with E-state index in [1.807, 2.05) is 13.8 Å². The Hall–Kier alpha value is -0.590. The molecule has 104 valence electrons. The fourth-order valence-electron chi connectivity index (χ4n) is 2.67. The molecule has 1 fully saturated rings. The number of likely N-dealkylation sites (N-methyl/N-ethyl adjacent to an activating group) is 2. The topological polar surface area (TPSA) is 30.3 Å². The van der Waals surface area contributed by atoms with Crippen molar-refractivity contribution in [2.45, 2.75) is 52.0 Å². The molecule has 0 aromatic rings. The maximum atomic E-state index is 8.97. The molecule has 18 heavy (non-hydrogen) atoms. The molecule has 1 atom stereocenters. The molecule has 0 bridgehead atoms. The van der Waals surface area contributed by atoms with Crippen LogP contribution in [0, 0.1) is 16.7 Å². The van der Waals surface area contributed by atoms with Crippen molar-refractivity contribution < 1.29 is 0 Å². The number of hydrogen-bond acceptors (Lipinski definition) is 3. The van der Waals surface area contributed by atoms with Crippen LogP contribution in [0.3, 0.4) is 0 Å². The zero-order valence-corrected chi connectivity index (χ0v) is 12.6. The molecule has 1 saturated heterocycles. The van der Waals surface area contributed by atoms with Gasteiger partial charge in [-0.1, -0.05) is 6.42 Å². The summed E-state index contributed by atoms with van der Waals surface area (Å²) >= 11 is 0. The van der Waals surface area contributed by atoms with Gasteiger partial charge in [-0.25, -0.2) is 0 Å². The van der Waals surface area contributed by atoms with Crippen LogP contribution in [0.4, 0.5) is 0 Å². The molecule has 0 saturated carbocycles. The number of nitrogens with zero attached hydrogens (tertiary/aromatic N) is 3. The minimum absolute atomic E-state index is 0.149. The van der Waals surface area contributed by atoms with Crippen LogP contribution in [0.25, 0.3) is 0 Å². The van der Waals surface area contributed by atoms with Crippen molar-refractivity contribution in [2.75, 3.05) is 33.7 Å². The van der Waals surface area contributed by atoms with Gasteiger partial charge in [-0.15, -0.1) is 0 Å². The van der Waals surface area contributed by atoms with E-state index in [0.29, 0.717) is 0 Å². The van der Waals surface area contributed by atoms with E-state index in [2.05, 4.69) is 30.0 Å². The van der Waals surface area contributed by atoms with Crippen molar-refractivity contribution in [3.8, 4) is 6.07 Å². The highest BCUT2D eigenvalue weighted by Gasteiger charge is 2.21. The highest BCUT2D eigenvalue weighted by molar-refractivity contribution is 4.91. The van der Waals surface area contributed by atoms with Crippen LogP contribution < -0.4 is 0 Å². The number of likely N-dealkylation sites (tertiary alicyclic amines) is 1. The van der Waals surface area contributed by atoms with E-state index in [1.54, 1.807) is 0 Å². The van der Waals surface area contributed by atoms with Crippen molar-refractivity contribution >= 4 is 0 Å². The summed E-state index contributed by atoms with van der Waals surface area (Å²) in [5.74, 6) is 0. The summed E-state index contributed by atoms with van der Waals surface area (Å²) in [6.07, 6.45) is 6.05. The lowest BCUT2D eigenvalue weighted by Crippen LogP contribution is -2.45. The molecule has 0 radical (unpaired) electrons. The van der Waals surface area contributed by atoms with E-state index >= 15 is 0 Å². The van der Waals surface area contributed by atoms with Gasteiger partial charge in [0.15, 0.2) is 0 Å². The standard InChI is InChI=1S/C15H29N3/c1-15(2,13-16)9-5-6-11-18(4)14-8-7-10-17(3)12-14/h14H,5-12H2,1-4H3. The summed E-state index contributed by atoms with van der Waals surface area (Å²) in [6, 6.07) is 3.11. The number of unbranched alkanes of at least 4 members (excludes halogenated alkanes) is 1. The van der Waals surface area contributed by atoms with Crippen molar-refractivity contribution in [2.24, 2.45) is 5.41 Å². The van der Waals surface area contributed by atoms with E-state index < -0.39 is 0 Å². The molecule has 0 spiro atoms. The minimum atomic E-state index is -0.149. The van der Waals surface area contributed by atoms with Crippen LogP contribution in [0.1, 0.15) is 46.0 Å². The molecule has 3 heteroatoms. The second-order valence-corrected chi connectivity index (χ2v) is 6.49. The fourth-order valence-corrected chi connectivity index (χ4v) is 2.67. The molecular formula is C15H29N3. The molecule has 0 aliphatic carbocycles. The predicted molar refractivity (Wildman–Crippen MR) is 76.4 cm³/mol. The lowest BCUT2D eigenvalue weighted by Gasteiger charge is -2.36. The lowest BCUT2D eigenvalue weighted by atomic mass is 9.89. The monoisotopic (exact) mass is 251 g/mol. The molecule has 1 aliphatic rings. The average Bonchev–Trinajstić information content (AvgIpc) is 2.34. The highest BCUT2D eigenvalue weighted by Crippen LogP contribution is 2.22. The van der Waals surface area contributed by atoms with Crippen LogP contribution in [0.2, 0.25) is 0 Å². The van der Waals surface area contributed by atoms with Crippen LogP contribution in [0.15, 0.2) is 0 Å². The van der Waals surface area contributed by atoms with Gasteiger partial charge in [-0.3, -0.25) is 0 Å². The Balaban J connectivity index is 2.17. The van der Waals surface area contributed by atoms with Crippen molar-refractivity contribution in [3.63, 3.8) is 0 Å². The average molecular weight is 251 g/mol. The summed E-state index contributed by atoms with van der Waals surface area (Å²) in [7, 11) is 4.47. The Bertz CT molecular complexity index is 280. The van der Waals surface area contributed by atoms with Crippen LogP contribution >= 0.6 is 0 Å². The van der Waals surface area contributed by atoms with Crippen LogP contribution in [0.5, 0.6) is 0 Å². The first-order valence-electron chi connectivity index (χ1n) is 7.24. The lowest BCUT2D eigenvalue weighted by molar-refractivity contribution is 0.132. The summed E-state index contributed by atoms with van der Waals surface area (Å²) in [5, 5.41) is 8.97. The molecule has 0 aromatic carbocycles. The van der Waals surface area contributed by atoms with Gasteiger partial charge in [0.05, 0.1) is 11.5 Å². The molecule has 1 aliphatic heterocycles. The number of nitriles is 1. The Labute approximate surface area is 113 Å². The van der Waals surface area contributed by atoms with Crippen molar-refractivity contribution in [1.82, 2.24) is 9.80 Å².